The van der Waals surface area contributed by atoms with Crippen LogP contribution in [-0.2, 0) is 25.6 Å². The molecule has 0 spiro atoms. The molecule has 0 radical (unpaired) electrons. The van der Waals surface area contributed by atoms with E-state index in [1.54, 1.807) is 4.90 Å². The van der Waals surface area contributed by atoms with Gasteiger partial charge in [0, 0.05) is 19.8 Å². The lowest BCUT2D eigenvalue weighted by molar-refractivity contribution is -0.160. The van der Waals surface area contributed by atoms with Crippen LogP contribution in [0.3, 0.4) is 0 Å². The molecule has 0 unspecified atom stereocenters. The Labute approximate surface area is 164 Å². The number of carbonyl (C=O) groups is 1. The molecular formula is C21H36N2O4. The maximum Gasteiger partial charge on any atom is 0.242 e. The smallest absolute Gasteiger partial charge is 0.242 e. The molecule has 6 nitrogen and oxygen atoms in total. The number of rotatable bonds is 14. The van der Waals surface area contributed by atoms with E-state index in [9.17, 15) is 4.79 Å². The first-order valence-electron chi connectivity index (χ1n) is 9.87. The van der Waals surface area contributed by atoms with Gasteiger partial charge in [0.15, 0.2) is 6.29 Å². The van der Waals surface area contributed by atoms with Crippen LogP contribution >= 0.6 is 0 Å². The minimum atomic E-state index is -0.704. The fourth-order valence-electron chi connectivity index (χ4n) is 2.59. The van der Waals surface area contributed by atoms with Gasteiger partial charge in [-0.05, 0) is 31.7 Å². The molecule has 1 aromatic carbocycles. The highest BCUT2D eigenvalue weighted by Gasteiger charge is 2.24. The number of ether oxygens (including phenoxy) is 3. The molecule has 2 N–H and O–H groups in total. The van der Waals surface area contributed by atoms with Crippen molar-refractivity contribution in [2.45, 2.75) is 53.1 Å². The van der Waals surface area contributed by atoms with E-state index >= 15 is 0 Å². The molecule has 1 aromatic rings. The number of benzene rings is 1. The Hall–Kier alpha value is -1.47. The highest BCUT2D eigenvalue weighted by Crippen LogP contribution is 2.08. The second-order valence-electron chi connectivity index (χ2n) is 6.91. The average Bonchev–Trinajstić information content (AvgIpc) is 2.65. The average molecular weight is 381 g/mol. The highest BCUT2D eigenvalue weighted by atomic mass is 16.7. The molecule has 1 rings (SSSR count). The van der Waals surface area contributed by atoms with Crippen molar-refractivity contribution in [3.63, 3.8) is 0 Å². The van der Waals surface area contributed by atoms with Gasteiger partial charge in [-0.25, -0.2) is 0 Å². The van der Waals surface area contributed by atoms with Crippen molar-refractivity contribution >= 4 is 5.91 Å². The molecular weight excluding hydrogens is 344 g/mol. The monoisotopic (exact) mass is 380 g/mol. The zero-order valence-electron chi connectivity index (χ0n) is 17.2. The van der Waals surface area contributed by atoms with Crippen molar-refractivity contribution in [3.8, 4) is 0 Å². The van der Waals surface area contributed by atoms with Crippen molar-refractivity contribution in [2.75, 3.05) is 32.9 Å². The van der Waals surface area contributed by atoms with Crippen LogP contribution in [0.5, 0.6) is 0 Å². The normalized spacial score (nSPS) is 12.6. The quantitative estimate of drug-likeness (QED) is 0.502. The summed E-state index contributed by atoms with van der Waals surface area (Å²) in [4.78, 5) is 14.6. The summed E-state index contributed by atoms with van der Waals surface area (Å²) in [6.07, 6.45) is 0.461. The van der Waals surface area contributed by atoms with E-state index in [0.717, 1.165) is 12.0 Å². The fraction of sp³-hybridized carbons (Fsp3) is 0.667. The number of carbonyl (C=O) groups excluding carboxylic acids is 1. The maximum absolute atomic E-state index is 12.9. The van der Waals surface area contributed by atoms with Gasteiger partial charge in [0.05, 0.1) is 19.8 Å². The van der Waals surface area contributed by atoms with E-state index in [1.807, 2.05) is 44.2 Å². The summed E-state index contributed by atoms with van der Waals surface area (Å²) < 4.78 is 16.8. The summed E-state index contributed by atoms with van der Waals surface area (Å²) in [7, 11) is 0. The Morgan fingerprint density at radius 2 is 1.74 bits per heavy atom. The van der Waals surface area contributed by atoms with Gasteiger partial charge in [0.1, 0.15) is 6.04 Å². The zero-order chi connectivity index (χ0) is 20.1. The minimum absolute atomic E-state index is 0.131. The van der Waals surface area contributed by atoms with Gasteiger partial charge in [-0.15, -0.1) is 0 Å². The van der Waals surface area contributed by atoms with E-state index in [-0.39, 0.29) is 12.5 Å². The predicted molar refractivity (Wildman–Crippen MR) is 107 cm³/mol. The zero-order valence-corrected chi connectivity index (χ0v) is 17.2. The van der Waals surface area contributed by atoms with Gasteiger partial charge in [-0.2, -0.15) is 0 Å². The van der Waals surface area contributed by atoms with Crippen LogP contribution in [0.4, 0.5) is 0 Å². The van der Waals surface area contributed by atoms with Crippen molar-refractivity contribution in [1.82, 2.24) is 4.90 Å². The van der Waals surface area contributed by atoms with Gasteiger partial charge in [-0.3, -0.25) is 4.79 Å². The van der Waals surface area contributed by atoms with Crippen LogP contribution in [0, 0.1) is 5.92 Å². The van der Waals surface area contributed by atoms with Crippen LogP contribution < -0.4 is 5.73 Å². The second kappa shape index (κ2) is 13.7. The standard InChI is InChI=1S/C21H36N2O4/c1-5-26-20(27-6-2)14-23(13-12-17(3)4)21(24)19(22)16-25-15-18-10-8-7-9-11-18/h7-11,17,19-20H,5-6,12-16,22H2,1-4H3/t19-/m0/s1. The Morgan fingerprint density at radius 1 is 1.11 bits per heavy atom. The highest BCUT2D eigenvalue weighted by molar-refractivity contribution is 5.81. The van der Waals surface area contributed by atoms with Crippen molar-refractivity contribution < 1.29 is 19.0 Å². The molecule has 0 saturated heterocycles. The van der Waals surface area contributed by atoms with E-state index in [1.165, 1.54) is 0 Å². The molecule has 0 saturated carbocycles. The van der Waals surface area contributed by atoms with Gasteiger partial charge < -0.3 is 24.8 Å². The number of amides is 1. The fourth-order valence-corrected chi connectivity index (χ4v) is 2.59. The van der Waals surface area contributed by atoms with Crippen molar-refractivity contribution in [2.24, 2.45) is 11.7 Å². The molecule has 0 heterocycles. The molecule has 0 aliphatic heterocycles. The van der Waals surface area contributed by atoms with Crippen LogP contribution in [0.25, 0.3) is 0 Å². The molecule has 0 aliphatic carbocycles. The first-order chi connectivity index (χ1) is 13.0. The van der Waals surface area contributed by atoms with E-state index in [4.69, 9.17) is 19.9 Å². The molecule has 1 atom stereocenters. The van der Waals surface area contributed by atoms with Crippen LogP contribution in [0.15, 0.2) is 30.3 Å². The third kappa shape index (κ3) is 9.86. The van der Waals surface area contributed by atoms with E-state index < -0.39 is 12.3 Å². The lowest BCUT2D eigenvalue weighted by atomic mass is 10.1. The SMILES string of the molecule is CCOC(CN(CCC(C)C)C(=O)[C@@H](N)COCc1ccccc1)OCC. The Balaban J connectivity index is 2.60. The summed E-state index contributed by atoms with van der Waals surface area (Å²) in [6.45, 7) is 10.8. The summed E-state index contributed by atoms with van der Waals surface area (Å²) in [5.41, 5.74) is 7.17. The summed E-state index contributed by atoms with van der Waals surface area (Å²) >= 11 is 0. The van der Waals surface area contributed by atoms with Gasteiger partial charge in [0.25, 0.3) is 0 Å². The summed E-state index contributed by atoms with van der Waals surface area (Å²) in [5.74, 6) is 0.358. The van der Waals surface area contributed by atoms with E-state index in [0.29, 0.717) is 38.8 Å². The largest absolute Gasteiger partial charge is 0.375 e. The summed E-state index contributed by atoms with van der Waals surface area (Å²) in [6, 6.07) is 9.13. The summed E-state index contributed by atoms with van der Waals surface area (Å²) in [5, 5.41) is 0. The molecule has 6 heteroatoms. The molecule has 0 aliphatic rings. The van der Waals surface area contributed by atoms with Gasteiger partial charge >= 0.3 is 0 Å². The second-order valence-corrected chi connectivity index (χ2v) is 6.91. The third-order valence-corrected chi connectivity index (χ3v) is 4.09. The molecule has 1 amide bonds. The van der Waals surface area contributed by atoms with Crippen LogP contribution in [0.1, 0.15) is 39.7 Å². The number of nitrogens with zero attached hydrogens (tertiary/aromatic N) is 1. The number of nitrogens with two attached hydrogens (primary N) is 1. The third-order valence-electron chi connectivity index (χ3n) is 4.09. The lowest BCUT2D eigenvalue weighted by Gasteiger charge is -2.30. The number of hydrogen-bond donors (Lipinski definition) is 1. The predicted octanol–water partition coefficient (Wildman–Crippen LogP) is 2.80. The van der Waals surface area contributed by atoms with Crippen molar-refractivity contribution in [1.29, 1.82) is 0 Å². The first kappa shape index (κ1) is 23.6. The van der Waals surface area contributed by atoms with Gasteiger partial charge in [-0.1, -0.05) is 44.2 Å². The Kier molecular flexibility index (Phi) is 11.9. The topological polar surface area (TPSA) is 74.0 Å². The molecule has 0 aromatic heterocycles. The van der Waals surface area contributed by atoms with Gasteiger partial charge in [0.2, 0.25) is 5.91 Å². The first-order valence-corrected chi connectivity index (χ1v) is 9.87. The Morgan fingerprint density at radius 3 is 2.30 bits per heavy atom. The molecule has 154 valence electrons. The minimum Gasteiger partial charge on any atom is -0.375 e. The van der Waals surface area contributed by atoms with E-state index in [2.05, 4.69) is 13.8 Å². The molecule has 0 bridgehead atoms. The van der Waals surface area contributed by atoms with Crippen LogP contribution in [-0.4, -0.2) is 56.0 Å². The van der Waals surface area contributed by atoms with Crippen molar-refractivity contribution in [3.05, 3.63) is 35.9 Å². The van der Waals surface area contributed by atoms with Crippen LogP contribution in [0.2, 0.25) is 0 Å². The molecule has 0 fully saturated rings. The lowest BCUT2D eigenvalue weighted by Crippen LogP contribution is -2.49. The molecule has 27 heavy (non-hydrogen) atoms. The number of hydrogen-bond acceptors (Lipinski definition) is 5. The maximum atomic E-state index is 12.9. The Bertz CT molecular complexity index is 504.